The van der Waals surface area contributed by atoms with Gasteiger partial charge in [-0.3, -0.25) is 4.90 Å². The zero-order valence-corrected chi connectivity index (χ0v) is 22.9. The van der Waals surface area contributed by atoms with Gasteiger partial charge in [0.2, 0.25) is 0 Å². The molecule has 3 unspecified atom stereocenters. The van der Waals surface area contributed by atoms with Crippen LogP contribution in [0.25, 0.3) is 0 Å². The first-order valence-electron chi connectivity index (χ1n) is 14.1. The third-order valence-corrected chi connectivity index (χ3v) is 9.02. The van der Waals surface area contributed by atoms with Crippen LogP contribution in [0.5, 0.6) is 0 Å². The Bertz CT molecular complexity index is 850. The predicted molar refractivity (Wildman–Crippen MR) is 148 cm³/mol. The van der Waals surface area contributed by atoms with Crippen molar-refractivity contribution >= 4 is 0 Å². The van der Waals surface area contributed by atoms with Gasteiger partial charge < -0.3 is 15.4 Å². The van der Waals surface area contributed by atoms with E-state index in [1.807, 2.05) is 25.4 Å². The largest absolute Gasteiger partial charge is 0.497 e. The van der Waals surface area contributed by atoms with E-state index in [9.17, 15) is 0 Å². The summed E-state index contributed by atoms with van der Waals surface area (Å²) in [6.45, 7) is 10.8. The summed E-state index contributed by atoms with van der Waals surface area (Å²) in [5, 5.41) is 6.61. The highest BCUT2D eigenvalue weighted by Crippen LogP contribution is 2.52. The maximum absolute atomic E-state index is 5.60. The quantitative estimate of drug-likeness (QED) is 0.332. The van der Waals surface area contributed by atoms with E-state index < -0.39 is 0 Å². The molecule has 194 valence electrons. The van der Waals surface area contributed by atoms with E-state index in [4.69, 9.17) is 4.74 Å². The van der Waals surface area contributed by atoms with Crippen LogP contribution in [0.15, 0.2) is 59.6 Å². The Morgan fingerprint density at radius 2 is 2.03 bits per heavy atom. The molecule has 0 aromatic heterocycles. The minimum atomic E-state index is 0.544. The number of piperidine rings is 2. The van der Waals surface area contributed by atoms with Crippen LogP contribution in [0.2, 0.25) is 0 Å². The summed E-state index contributed by atoms with van der Waals surface area (Å²) in [5.41, 5.74) is 3.97. The van der Waals surface area contributed by atoms with Crippen LogP contribution in [-0.4, -0.2) is 50.8 Å². The van der Waals surface area contributed by atoms with E-state index in [0.717, 1.165) is 11.8 Å². The van der Waals surface area contributed by atoms with Crippen molar-refractivity contribution in [2.24, 2.45) is 23.2 Å². The van der Waals surface area contributed by atoms with Crippen LogP contribution >= 0.6 is 0 Å². The molecule has 3 atom stereocenters. The van der Waals surface area contributed by atoms with Crippen LogP contribution in [0.4, 0.5) is 0 Å². The van der Waals surface area contributed by atoms with Crippen molar-refractivity contribution in [3.63, 3.8) is 0 Å². The van der Waals surface area contributed by atoms with Crippen molar-refractivity contribution in [1.82, 2.24) is 15.5 Å². The van der Waals surface area contributed by atoms with Gasteiger partial charge in [-0.25, -0.2) is 0 Å². The van der Waals surface area contributed by atoms with Gasteiger partial charge in [-0.2, -0.15) is 0 Å². The van der Waals surface area contributed by atoms with E-state index in [0.29, 0.717) is 29.2 Å². The first-order chi connectivity index (χ1) is 16.9. The number of rotatable bonds is 8. The molecular formula is C31H49N3O. The van der Waals surface area contributed by atoms with Crippen LogP contribution in [-0.2, 0) is 4.74 Å². The minimum absolute atomic E-state index is 0.544. The Hall–Kier alpha value is -1.78. The SMILES string of the molecule is CN/C=C/C=C(\C=C/C1CCN(C2CC3(CCNCC3)C2)C(C2=C(C(C)C)CC(C)C=C2)C1)OC. The second-order valence-corrected chi connectivity index (χ2v) is 11.8. The Morgan fingerprint density at radius 1 is 1.26 bits per heavy atom. The van der Waals surface area contributed by atoms with Gasteiger partial charge in [0.25, 0.3) is 0 Å². The summed E-state index contributed by atoms with van der Waals surface area (Å²) in [7, 11) is 3.67. The van der Waals surface area contributed by atoms with Gasteiger partial charge in [0.05, 0.1) is 7.11 Å². The smallest absolute Gasteiger partial charge is 0.118 e. The lowest BCUT2D eigenvalue weighted by Gasteiger charge is -2.57. The monoisotopic (exact) mass is 479 g/mol. The number of nitrogens with one attached hydrogen (secondary N) is 2. The number of allylic oxidation sites excluding steroid dienone is 6. The van der Waals surface area contributed by atoms with E-state index in [1.165, 1.54) is 64.6 Å². The van der Waals surface area contributed by atoms with Crippen molar-refractivity contribution in [3.05, 3.63) is 59.6 Å². The number of ether oxygens (including phenoxy) is 1. The number of methoxy groups -OCH3 is 1. The van der Waals surface area contributed by atoms with E-state index >= 15 is 0 Å². The molecule has 1 spiro atoms. The highest BCUT2D eigenvalue weighted by atomic mass is 16.5. The summed E-state index contributed by atoms with van der Waals surface area (Å²) < 4.78 is 5.60. The van der Waals surface area contributed by atoms with Gasteiger partial charge in [0, 0.05) is 19.1 Å². The molecule has 3 fully saturated rings. The van der Waals surface area contributed by atoms with Crippen LogP contribution in [0, 0.1) is 23.2 Å². The fraction of sp³-hybridized carbons (Fsp3) is 0.677. The maximum atomic E-state index is 5.60. The lowest BCUT2D eigenvalue weighted by atomic mass is 9.59. The van der Waals surface area contributed by atoms with Crippen LogP contribution < -0.4 is 10.6 Å². The lowest BCUT2D eigenvalue weighted by Crippen LogP contribution is -2.59. The molecule has 4 aliphatic rings. The molecule has 0 bridgehead atoms. The molecule has 2 aliphatic heterocycles. The van der Waals surface area contributed by atoms with E-state index in [-0.39, 0.29) is 0 Å². The van der Waals surface area contributed by atoms with Crippen molar-refractivity contribution in [2.75, 3.05) is 33.8 Å². The van der Waals surface area contributed by atoms with E-state index in [1.54, 1.807) is 18.3 Å². The van der Waals surface area contributed by atoms with Crippen LogP contribution in [0.1, 0.15) is 65.7 Å². The summed E-state index contributed by atoms with van der Waals surface area (Å²) in [6, 6.07) is 1.31. The highest BCUT2D eigenvalue weighted by molar-refractivity contribution is 5.37. The fourth-order valence-corrected chi connectivity index (χ4v) is 6.93. The number of likely N-dealkylation sites (tertiary alicyclic amines) is 1. The molecule has 0 radical (unpaired) electrons. The predicted octanol–water partition coefficient (Wildman–Crippen LogP) is 5.97. The van der Waals surface area contributed by atoms with Crippen LogP contribution in [0.3, 0.4) is 0 Å². The zero-order chi connectivity index (χ0) is 24.8. The molecule has 4 nitrogen and oxygen atoms in total. The molecule has 35 heavy (non-hydrogen) atoms. The highest BCUT2D eigenvalue weighted by Gasteiger charge is 2.49. The minimum Gasteiger partial charge on any atom is -0.497 e. The molecular weight excluding hydrogens is 430 g/mol. The first-order valence-corrected chi connectivity index (χ1v) is 14.1. The fourth-order valence-electron chi connectivity index (χ4n) is 6.93. The normalized spacial score (nSPS) is 30.6. The second-order valence-electron chi connectivity index (χ2n) is 11.8. The van der Waals surface area contributed by atoms with Crippen molar-refractivity contribution in [2.45, 2.75) is 77.8 Å². The van der Waals surface area contributed by atoms with Gasteiger partial charge in [0.15, 0.2) is 0 Å². The topological polar surface area (TPSA) is 36.5 Å². The second kappa shape index (κ2) is 12.0. The summed E-state index contributed by atoms with van der Waals surface area (Å²) in [4.78, 5) is 2.93. The molecule has 2 N–H and O–H groups in total. The number of hydrogen-bond acceptors (Lipinski definition) is 4. The average Bonchev–Trinajstić information content (AvgIpc) is 2.85. The van der Waals surface area contributed by atoms with Crippen molar-refractivity contribution in [1.29, 1.82) is 0 Å². The molecule has 2 heterocycles. The molecule has 0 aromatic carbocycles. The summed E-state index contributed by atoms with van der Waals surface area (Å²) in [5.74, 6) is 2.78. The molecule has 2 saturated heterocycles. The van der Waals surface area contributed by atoms with Gasteiger partial charge in [-0.1, -0.05) is 44.6 Å². The average molecular weight is 480 g/mol. The summed E-state index contributed by atoms with van der Waals surface area (Å²) in [6.07, 6.45) is 24.8. The van der Waals surface area contributed by atoms with Crippen molar-refractivity contribution < 1.29 is 4.74 Å². The van der Waals surface area contributed by atoms with Gasteiger partial charge in [-0.15, -0.1) is 0 Å². The Balaban J connectivity index is 1.54. The van der Waals surface area contributed by atoms with E-state index in [2.05, 4.69) is 60.6 Å². The maximum Gasteiger partial charge on any atom is 0.118 e. The Kier molecular flexibility index (Phi) is 8.99. The number of nitrogens with zero attached hydrogens (tertiary/aromatic N) is 1. The lowest BCUT2D eigenvalue weighted by molar-refractivity contribution is -0.0461. The third-order valence-electron chi connectivity index (χ3n) is 9.02. The zero-order valence-electron chi connectivity index (χ0n) is 22.9. The molecule has 2 aliphatic carbocycles. The van der Waals surface area contributed by atoms with Crippen molar-refractivity contribution in [3.8, 4) is 0 Å². The van der Waals surface area contributed by atoms with Gasteiger partial charge >= 0.3 is 0 Å². The summed E-state index contributed by atoms with van der Waals surface area (Å²) >= 11 is 0. The molecule has 0 amide bonds. The third kappa shape index (κ3) is 6.32. The molecule has 4 rings (SSSR count). The standard InChI is InChI=1S/C31H49N3O/c1-23(2)29-19-24(3)8-11-28(29)30-20-25(9-10-27(35-5)7-6-15-32-4)12-18-34(30)26-21-31(22-26)13-16-33-17-14-31/h6-11,15,23-26,30,32-33H,12-14,16-22H2,1-5H3/b10-9-,15-6+,27-7+. The molecule has 1 saturated carbocycles. The first kappa shape index (κ1) is 26.3. The Labute approximate surface area is 214 Å². The molecule has 4 heteroatoms. The van der Waals surface area contributed by atoms with Gasteiger partial charge in [0.1, 0.15) is 5.76 Å². The van der Waals surface area contributed by atoms with Gasteiger partial charge in [-0.05, 0) is 118 Å². The number of hydrogen-bond donors (Lipinski definition) is 2. The Morgan fingerprint density at radius 3 is 2.71 bits per heavy atom. The molecule has 0 aromatic rings.